The van der Waals surface area contributed by atoms with Gasteiger partial charge in [0.05, 0.1) is 7.11 Å². The highest BCUT2D eigenvalue weighted by atomic mass is 16.5. The van der Waals surface area contributed by atoms with Crippen LogP contribution in [0.5, 0.6) is 5.75 Å². The molecule has 152 valence electrons. The minimum Gasteiger partial charge on any atom is -0.497 e. The molecular weight excluding hydrogens is 362 g/mol. The lowest BCUT2D eigenvalue weighted by Crippen LogP contribution is -2.48. The Bertz CT molecular complexity index is 956. The van der Waals surface area contributed by atoms with E-state index in [1.165, 1.54) is 10.9 Å². The van der Waals surface area contributed by atoms with Gasteiger partial charge in [0.1, 0.15) is 5.75 Å². The Hall–Kier alpha value is -2.79. The van der Waals surface area contributed by atoms with Crippen LogP contribution in [0, 0.1) is 0 Å². The number of methoxy groups -OCH3 is 1. The van der Waals surface area contributed by atoms with E-state index < -0.39 is 0 Å². The van der Waals surface area contributed by atoms with Crippen LogP contribution in [0.4, 0.5) is 0 Å². The standard InChI is InChI=1S/C24H29N3O2/c1-3-26-12-14-27(15-13-26)24(28)16-21(18-8-10-19(29-2)11-9-18)22-17-25-23-7-5-4-6-20(22)23/h4-11,17,21,25H,3,12-16H2,1-2H3. The molecule has 2 heterocycles. The number of aromatic nitrogens is 1. The van der Waals surface area contributed by atoms with Crippen molar-refractivity contribution in [2.24, 2.45) is 0 Å². The van der Waals surface area contributed by atoms with Crippen LogP contribution in [0.15, 0.2) is 54.7 Å². The van der Waals surface area contributed by atoms with Gasteiger partial charge in [-0.2, -0.15) is 0 Å². The smallest absolute Gasteiger partial charge is 0.223 e. The highest BCUT2D eigenvalue weighted by Crippen LogP contribution is 2.34. The van der Waals surface area contributed by atoms with Crippen LogP contribution in [0.2, 0.25) is 0 Å². The van der Waals surface area contributed by atoms with E-state index in [-0.39, 0.29) is 11.8 Å². The predicted molar refractivity (Wildman–Crippen MR) is 116 cm³/mol. The summed E-state index contributed by atoms with van der Waals surface area (Å²) in [7, 11) is 1.67. The Morgan fingerprint density at radius 1 is 1.07 bits per heavy atom. The molecule has 1 saturated heterocycles. The second-order valence-corrected chi connectivity index (χ2v) is 7.63. The third-order valence-electron chi connectivity index (χ3n) is 6.07. The van der Waals surface area contributed by atoms with Crippen molar-refractivity contribution in [1.82, 2.24) is 14.8 Å². The molecule has 5 heteroatoms. The summed E-state index contributed by atoms with van der Waals surface area (Å²) in [6, 6.07) is 16.4. The summed E-state index contributed by atoms with van der Waals surface area (Å²) in [4.78, 5) is 21.0. The zero-order valence-electron chi connectivity index (χ0n) is 17.2. The van der Waals surface area contributed by atoms with E-state index in [4.69, 9.17) is 4.74 Å². The van der Waals surface area contributed by atoms with Gasteiger partial charge in [0.15, 0.2) is 0 Å². The maximum absolute atomic E-state index is 13.2. The lowest BCUT2D eigenvalue weighted by atomic mass is 9.87. The fourth-order valence-corrected chi connectivity index (χ4v) is 4.24. The molecule has 29 heavy (non-hydrogen) atoms. The number of aromatic amines is 1. The van der Waals surface area contributed by atoms with Crippen LogP contribution in [0.1, 0.15) is 30.4 Å². The number of H-pyrrole nitrogens is 1. The van der Waals surface area contributed by atoms with Crippen molar-refractivity contribution in [1.29, 1.82) is 0 Å². The van der Waals surface area contributed by atoms with Gasteiger partial charge in [-0.3, -0.25) is 4.79 Å². The predicted octanol–water partition coefficient (Wildman–Crippen LogP) is 3.86. The van der Waals surface area contributed by atoms with Gasteiger partial charge in [-0.25, -0.2) is 0 Å². The number of para-hydroxylation sites is 1. The van der Waals surface area contributed by atoms with E-state index >= 15 is 0 Å². The molecular formula is C24H29N3O2. The molecule has 0 radical (unpaired) electrons. The number of hydrogen-bond acceptors (Lipinski definition) is 3. The zero-order chi connectivity index (χ0) is 20.2. The van der Waals surface area contributed by atoms with E-state index in [0.717, 1.165) is 49.6 Å². The van der Waals surface area contributed by atoms with Crippen molar-refractivity contribution in [3.8, 4) is 5.75 Å². The first kappa shape index (κ1) is 19.5. The highest BCUT2D eigenvalue weighted by Gasteiger charge is 2.26. The number of nitrogens with zero attached hydrogens (tertiary/aromatic N) is 2. The lowest BCUT2D eigenvalue weighted by Gasteiger charge is -2.34. The average molecular weight is 392 g/mol. The molecule has 1 amide bonds. The molecule has 0 spiro atoms. The van der Waals surface area contributed by atoms with Crippen LogP contribution >= 0.6 is 0 Å². The number of ether oxygens (including phenoxy) is 1. The average Bonchev–Trinajstić information content (AvgIpc) is 3.21. The Kier molecular flexibility index (Phi) is 5.86. The highest BCUT2D eigenvalue weighted by molar-refractivity contribution is 5.86. The molecule has 4 rings (SSSR count). The van der Waals surface area contributed by atoms with Crippen LogP contribution in [-0.4, -0.2) is 60.5 Å². The molecule has 5 nitrogen and oxygen atoms in total. The van der Waals surface area contributed by atoms with Crippen molar-refractivity contribution < 1.29 is 9.53 Å². The molecule has 2 aromatic carbocycles. The molecule has 1 aromatic heterocycles. The van der Waals surface area contributed by atoms with Gasteiger partial charge >= 0.3 is 0 Å². The number of carbonyl (C=O) groups excluding carboxylic acids is 1. The van der Waals surface area contributed by atoms with Crippen molar-refractivity contribution in [3.63, 3.8) is 0 Å². The Balaban J connectivity index is 1.62. The number of carbonyl (C=O) groups is 1. The van der Waals surface area contributed by atoms with E-state index in [2.05, 4.69) is 53.3 Å². The summed E-state index contributed by atoms with van der Waals surface area (Å²) in [5, 5.41) is 1.18. The maximum Gasteiger partial charge on any atom is 0.223 e. The summed E-state index contributed by atoms with van der Waals surface area (Å²) in [5.74, 6) is 1.06. The number of nitrogens with one attached hydrogen (secondary N) is 1. The first-order valence-corrected chi connectivity index (χ1v) is 10.4. The quantitative estimate of drug-likeness (QED) is 0.694. The van der Waals surface area contributed by atoms with Crippen LogP contribution < -0.4 is 4.74 Å². The second kappa shape index (κ2) is 8.70. The number of piperazine rings is 1. The fraction of sp³-hybridized carbons (Fsp3) is 0.375. The van der Waals surface area contributed by atoms with Gasteiger partial charge in [-0.1, -0.05) is 37.3 Å². The lowest BCUT2D eigenvalue weighted by molar-refractivity contribution is -0.133. The Labute approximate surface area is 172 Å². The minimum absolute atomic E-state index is 0.00811. The van der Waals surface area contributed by atoms with E-state index in [1.807, 2.05) is 23.1 Å². The summed E-state index contributed by atoms with van der Waals surface area (Å²) in [6.45, 7) is 6.77. The monoisotopic (exact) mass is 391 g/mol. The number of benzene rings is 2. The molecule has 3 aromatic rings. The topological polar surface area (TPSA) is 48.6 Å². The maximum atomic E-state index is 13.2. The SMILES string of the molecule is CCN1CCN(C(=O)CC(c2ccc(OC)cc2)c2c[nH]c3ccccc23)CC1. The van der Waals surface area contributed by atoms with Crippen molar-refractivity contribution >= 4 is 16.8 Å². The number of fused-ring (bicyclic) bond motifs is 1. The van der Waals surface area contributed by atoms with Gasteiger partial charge in [-0.05, 0) is 35.9 Å². The van der Waals surface area contributed by atoms with E-state index in [1.54, 1.807) is 7.11 Å². The molecule has 1 fully saturated rings. The van der Waals surface area contributed by atoms with Crippen molar-refractivity contribution in [2.75, 3.05) is 39.8 Å². The molecule has 1 atom stereocenters. The molecule has 1 unspecified atom stereocenters. The normalized spacial score (nSPS) is 16.1. The number of hydrogen-bond donors (Lipinski definition) is 1. The second-order valence-electron chi connectivity index (χ2n) is 7.63. The summed E-state index contributed by atoms with van der Waals surface area (Å²) in [6.07, 6.45) is 2.53. The van der Waals surface area contributed by atoms with Gasteiger partial charge in [0, 0.05) is 55.6 Å². The Morgan fingerprint density at radius 3 is 2.48 bits per heavy atom. The summed E-state index contributed by atoms with van der Waals surface area (Å²) in [5.41, 5.74) is 3.41. The number of likely N-dealkylation sites (N-methyl/N-ethyl adjacent to an activating group) is 1. The molecule has 1 aliphatic heterocycles. The van der Waals surface area contributed by atoms with Gasteiger partial charge < -0.3 is 19.5 Å². The molecule has 0 aliphatic carbocycles. The first-order valence-electron chi connectivity index (χ1n) is 10.4. The van der Waals surface area contributed by atoms with Crippen LogP contribution in [-0.2, 0) is 4.79 Å². The fourth-order valence-electron chi connectivity index (χ4n) is 4.24. The van der Waals surface area contributed by atoms with E-state index in [9.17, 15) is 4.79 Å². The summed E-state index contributed by atoms with van der Waals surface area (Å²) >= 11 is 0. The van der Waals surface area contributed by atoms with Crippen molar-refractivity contribution in [3.05, 3.63) is 65.9 Å². The van der Waals surface area contributed by atoms with E-state index in [0.29, 0.717) is 6.42 Å². The van der Waals surface area contributed by atoms with Gasteiger partial charge in [-0.15, -0.1) is 0 Å². The Morgan fingerprint density at radius 2 is 1.79 bits per heavy atom. The molecule has 1 N–H and O–H groups in total. The minimum atomic E-state index is 0.00811. The van der Waals surface area contributed by atoms with Crippen LogP contribution in [0.25, 0.3) is 10.9 Å². The van der Waals surface area contributed by atoms with Gasteiger partial charge in [0.25, 0.3) is 0 Å². The first-order chi connectivity index (χ1) is 14.2. The molecule has 0 bridgehead atoms. The largest absolute Gasteiger partial charge is 0.497 e. The molecule has 0 saturated carbocycles. The summed E-state index contributed by atoms with van der Waals surface area (Å²) < 4.78 is 5.32. The zero-order valence-corrected chi connectivity index (χ0v) is 17.2. The third kappa shape index (κ3) is 4.15. The van der Waals surface area contributed by atoms with Crippen LogP contribution in [0.3, 0.4) is 0 Å². The number of amides is 1. The number of rotatable bonds is 6. The third-order valence-corrected chi connectivity index (χ3v) is 6.07. The molecule has 1 aliphatic rings. The van der Waals surface area contributed by atoms with Gasteiger partial charge in [0.2, 0.25) is 5.91 Å². The van der Waals surface area contributed by atoms with Crippen molar-refractivity contribution in [2.45, 2.75) is 19.3 Å².